The van der Waals surface area contributed by atoms with Crippen LogP contribution in [0.1, 0.15) is 17.5 Å². The van der Waals surface area contributed by atoms with Crippen molar-refractivity contribution in [1.29, 1.82) is 0 Å². The van der Waals surface area contributed by atoms with Crippen LogP contribution in [-0.2, 0) is 12.8 Å². The van der Waals surface area contributed by atoms with Crippen LogP contribution in [0.3, 0.4) is 0 Å². The summed E-state index contributed by atoms with van der Waals surface area (Å²) in [5, 5.41) is 0. The second-order valence-corrected chi connectivity index (χ2v) is 3.74. The highest BCUT2D eigenvalue weighted by Crippen LogP contribution is 2.27. The van der Waals surface area contributed by atoms with Crippen LogP contribution in [0.2, 0.25) is 0 Å². The van der Waals surface area contributed by atoms with Crippen molar-refractivity contribution in [3.8, 4) is 0 Å². The van der Waals surface area contributed by atoms with E-state index in [-0.39, 0.29) is 5.82 Å². The van der Waals surface area contributed by atoms with Gasteiger partial charge < -0.3 is 0 Å². The lowest BCUT2D eigenvalue weighted by molar-refractivity contribution is 0.619. The van der Waals surface area contributed by atoms with Crippen LogP contribution in [0, 0.1) is 5.82 Å². The number of rotatable bonds is 0. The van der Waals surface area contributed by atoms with Crippen LogP contribution in [0.15, 0.2) is 16.6 Å². The Kier molecular flexibility index (Phi) is 1.72. The van der Waals surface area contributed by atoms with Gasteiger partial charge in [0.1, 0.15) is 5.82 Å². The van der Waals surface area contributed by atoms with E-state index in [2.05, 4.69) is 15.9 Å². The Labute approximate surface area is 73.6 Å². The third kappa shape index (κ3) is 1.20. The predicted molar refractivity (Wildman–Crippen MR) is 46.1 cm³/mol. The summed E-state index contributed by atoms with van der Waals surface area (Å²) < 4.78 is 13.5. The molecule has 0 fully saturated rings. The summed E-state index contributed by atoms with van der Waals surface area (Å²) in [6.45, 7) is 0. The zero-order chi connectivity index (χ0) is 7.84. The standard InChI is InChI=1S/C9H8BrF/c10-8-4-6-2-1-3-7(6)5-9(8)11/h4-5H,1-3H2. The summed E-state index contributed by atoms with van der Waals surface area (Å²) in [7, 11) is 0. The minimum absolute atomic E-state index is 0.134. The van der Waals surface area contributed by atoms with Gasteiger partial charge in [-0.25, -0.2) is 4.39 Å². The molecule has 0 saturated carbocycles. The first-order valence-corrected chi connectivity index (χ1v) is 4.53. The Morgan fingerprint density at radius 2 is 1.82 bits per heavy atom. The van der Waals surface area contributed by atoms with Crippen molar-refractivity contribution in [2.45, 2.75) is 19.3 Å². The Morgan fingerprint density at radius 1 is 1.18 bits per heavy atom. The van der Waals surface area contributed by atoms with E-state index in [9.17, 15) is 4.39 Å². The maximum absolute atomic E-state index is 12.9. The number of hydrogen-bond donors (Lipinski definition) is 0. The summed E-state index contributed by atoms with van der Waals surface area (Å²) in [5.41, 5.74) is 2.49. The van der Waals surface area contributed by atoms with Crippen molar-refractivity contribution in [3.05, 3.63) is 33.5 Å². The van der Waals surface area contributed by atoms with Crippen LogP contribution in [0.4, 0.5) is 4.39 Å². The van der Waals surface area contributed by atoms with E-state index in [0.29, 0.717) is 4.47 Å². The molecule has 0 saturated heterocycles. The molecular formula is C9H8BrF. The van der Waals surface area contributed by atoms with Crippen LogP contribution < -0.4 is 0 Å². The van der Waals surface area contributed by atoms with Crippen molar-refractivity contribution in [2.24, 2.45) is 0 Å². The molecule has 0 heterocycles. The van der Waals surface area contributed by atoms with Gasteiger partial charge in [-0.15, -0.1) is 0 Å². The minimum Gasteiger partial charge on any atom is -0.206 e. The van der Waals surface area contributed by atoms with E-state index in [0.717, 1.165) is 12.8 Å². The van der Waals surface area contributed by atoms with Gasteiger partial charge in [0, 0.05) is 0 Å². The molecule has 0 aliphatic heterocycles. The van der Waals surface area contributed by atoms with Gasteiger partial charge in [0.05, 0.1) is 4.47 Å². The van der Waals surface area contributed by atoms with Crippen LogP contribution in [0.5, 0.6) is 0 Å². The number of fused-ring (bicyclic) bond motifs is 1. The first-order valence-electron chi connectivity index (χ1n) is 3.74. The van der Waals surface area contributed by atoms with Crippen molar-refractivity contribution in [3.63, 3.8) is 0 Å². The van der Waals surface area contributed by atoms with E-state index < -0.39 is 0 Å². The molecule has 1 aliphatic rings. The molecule has 0 radical (unpaired) electrons. The van der Waals surface area contributed by atoms with Gasteiger partial charge in [-0.2, -0.15) is 0 Å². The Balaban J connectivity index is 2.57. The third-order valence-electron chi connectivity index (χ3n) is 2.13. The molecule has 1 aromatic carbocycles. The van der Waals surface area contributed by atoms with E-state index in [1.54, 1.807) is 6.07 Å². The smallest absolute Gasteiger partial charge is 0.137 e. The molecule has 0 bridgehead atoms. The Bertz CT molecular complexity index is 265. The van der Waals surface area contributed by atoms with Crippen molar-refractivity contribution in [2.75, 3.05) is 0 Å². The Hall–Kier alpha value is -0.370. The van der Waals surface area contributed by atoms with Crippen LogP contribution in [-0.4, -0.2) is 0 Å². The van der Waals surface area contributed by atoms with Crippen molar-refractivity contribution >= 4 is 15.9 Å². The molecule has 2 heteroatoms. The highest BCUT2D eigenvalue weighted by Gasteiger charge is 2.12. The molecule has 0 spiro atoms. The molecule has 58 valence electrons. The highest BCUT2D eigenvalue weighted by molar-refractivity contribution is 9.10. The van der Waals surface area contributed by atoms with Crippen molar-refractivity contribution in [1.82, 2.24) is 0 Å². The van der Waals surface area contributed by atoms with E-state index >= 15 is 0 Å². The molecule has 0 unspecified atom stereocenters. The normalized spacial score (nSPS) is 15.1. The largest absolute Gasteiger partial charge is 0.206 e. The first-order chi connectivity index (χ1) is 5.27. The van der Waals surface area contributed by atoms with Gasteiger partial charge in [0.2, 0.25) is 0 Å². The van der Waals surface area contributed by atoms with Crippen molar-refractivity contribution < 1.29 is 4.39 Å². The molecule has 2 rings (SSSR count). The predicted octanol–water partition coefficient (Wildman–Crippen LogP) is 3.08. The number of halogens is 2. The third-order valence-corrected chi connectivity index (χ3v) is 2.74. The lowest BCUT2D eigenvalue weighted by Gasteiger charge is -1.99. The number of hydrogen-bond acceptors (Lipinski definition) is 0. The quantitative estimate of drug-likeness (QED) is 0.623. The average Bonchev–Trinajstić information content (AvgIpc) is 2.36. The lowest BCUT2D eigenvalue weighted by Crippen LogP contribution is -1.85. The van der Waals surface area contributed by atoms with Gasteiger partial charge in [-0.1, -0.05) is 0 Å². The van der Waals surface area contributed by atoms with Crippen LogP contribution in [0.25, 0.3) is 0 Å². The second kappa shape index (κ2) is 2.59. The molecule has 0 N–H and O–H groups in total. The SMILES string of the molecule is Fc1cc2c(cc1Br)CCC2. The van der Waals surface area contributed by atoms with E-state index in [4.69, 9.17) is 0 Å². The fraction of sp³-hybridized carbons (Fsp3) is 0.333. The average molecular weight is 215 g/mol. The molecule has 1 aliphatic carbocycles. The van der Waals surface area contributed by atoms with Gasteiger partial charge in [-0.05, 0) is 58.5 Å². The zero-order valence-corrected chi connectivity index (χ0v) is 7.62. The van der Waals surface area contributed by atoms with E-state index in [1.807, 2.05) is 6.07 Å². The summed E-state index contributed by atoms with van der Waals surface area (Å²) in [4.78, 5) is 0. The summed E-state index contributed by atoms with van der Waals surface area (Å²) >= 11 is 3.17. The maximum Gasteiger partial charge on any atom is 0.137 e. The van der Waals surface area contributed by atoms with Gasteiger partial charge >= 0.3 is 0 Å². The molecular weight excluding hydrogens is 207 g/mol. The fourth-order valence-corrected chi connectivity index (χ4v) is 1.95. The topological polar surface area (TPSA) is 0 Å². The van der Waals surface area contributed by atoms with Gasteiger partial charge in [-0.3, -0.25) is 0 Å². The second-order valence-electron chi connectivity index (χ2n) is 2.89. The Morgan fingerprint density at radius 3 is 2.55 bits per heavy atom. The first kappa shape index (κ1) is 7.29. The molecule has 11 heavy (non-hydrogen) atoms. The molecule has 1 aromatic rings. The lowest BCUT2D eigenvalue weighted by atomic mass is 10.1. The molecule has 0 atom stereocenters. The van der Waals surface area contributed by atoms with Gasteiger partial charge in [0.15, 0.2) is 0 Å². The monoisotopic (exact) mass is 214 g/mol. The fourth-order valence-electron chi connectivity index (χ4n) is 1.56. The molecule has 0 aromatic heterocycles. The maximum atomic E-state index is 12.9. The summed E-state index contributed by atoms with van der Waals surface area (Å²) in [6.07, 6.45) is 3.32. The van der Waals surface area contributed by atoms with Gasteiger partial charge in [0.25, 0.3) is 0 Å². The minimum atomic E-state index is -0.134. The molecule has 0 nitrogen and oxygen atoms in total. The molecule has 0 amide bonds. The summed E-state index contributed by atoms with van der Waals surface area (Å²) in [5.74, 6) is -0.134. The zero-order valence-electron chi connectivity index (χ0n) is 6.03. The van der Waals surface area contributed by atoms with E-state index in [1.165, 1.54) is 17.5 Å². The summed E-state index contributed by atoms with van der Waals surface area (Å²) in [6, 6.07) is 3.55. The highest BCUT2D eigenvalue weighted by atomic mass is 79.9. The van der Waals surface area contributed by atoms with Crippen LogP contribution >= 0.6 is 15.9 Å². The number of benzene rings is 1. The number of aryl methyl sites for hydroxylation is 2.